The van der Waals surface area contributed by atoms with Crippen molar-refractivity contribution < 1.29 is 30.7 Å². The zero-order valence-corrected chi connectivity index (χ0v) is 12.7. The molecule has 8 heteroatoms. The molecular weight excluding hydrogens is 360 g/mol. The highest BCUT2D eigenvalue weighted by Crippen LogP contribution is 2.34. The van der Waals surface area contributed by atoms with Crippen LogP contribution in [0, 0.1) is 40.7 Å². The normalized spacial score (nSPS) is 11.0. The van der Waals surface area contributed by atoms with Gasteiger partial charge in [-0.2, -0.15) is 0 Å². The van der Waals surface area contributed by atoms with Crippen LogP contribution in [0.4, 0.5) is 30.7 Å². The third-order valence-electron chi connectivity index (χ3n) is 3.67. The minimum Gasteiger partial charge on any atom is -0.206 e. The van der Waals surface area contributed by atoms with Crippen LogP contribution in [0.25, 0.3) is 22.3 Å². The summed E-state index contributed by atoms with van der Waals surface area (Å²) in [6.45, 7) is 0. The zero-order chi connectivity index (χ0) is 19.2. The highest BCUT2D eigenvalue weighted by molar-refractivity contribution is 6.32. The largest absolute Gasteiger partial charge is 0.206 e. The molecule has 0 aromatic heterocycles. The van der Waals surface area contributed by atoms with Crippen LogP contribution < -0.4 is 5.46 Å². The van der Waals surface area contributed by atoms with E-state index in [2.05, 4.69) is 0 Å². The molecular formula is C18H6BF7. The smallest absolute Gasteiger partial charge is 0.194 e. The molecule has 0 aliphatic rings. The van der Waals surface area contributed by atoms with Crippen LogP contribution in [0.5, 0.6) is 0 Å². The van der Waals surface area contributed by atoms with E-state index in [4.69, 9.17) is 7.85 Å². The molecule has 3 aromatic carbocycles. The van der Waals surface area contributed by atoms with Gasteiger partial charge >= 0.3 is 0 Å². The van der Waals surface area contributed by atoms with Crippen LogP contribution in [0.15, 0.2) is 36.4 Å². The first-order valence-electron chi connectivity index (χ1n) is 7.08. The summed E-state index contributed by atoms with van der Waals surface area (Å²) in [4.78, 5) is 0. The maximum atomic E-state index is 14.3. The molecule has 0 aliphatic heterocycles. The van der Waals surface area contributed by atoms with Gasteiger partial charge in [0.15, 0.2) is 17.5 Å². The fourth-order valence-corrected chi connectivity index (χ4v) is 2.56. The average molecular weight is 366 g/mol. The monoisotopic (exact) mass is 366 g/mol. The van der Waals surface area contributed by atoms with Crippen LogP contribution in [-0.2, 0) is 0 Å². The molecule has 3 rings (SSSR count). The zero-order valence-electron chi connectivity index (χ0n) is 12.7. The van der Waals surface area contributed by atoms with Crippen LogP contribution >= 0.6 is 0 Å². The number of hydrogen-bond donors (Lipinski definition) is 0. The molecule has 0 bridgehead atoms. The number of rotatable bonds is 2. The Morgan fingerprint density at radius 2 is 0.769 bits per heavy atom. The van der Waals surface area contributed by atoms with E-state index in [1.165, 1.54) is 0 Å². The van der Waals surface area contributed by atoms with Crippen molar-refractivity contribution in [3.05, 3.63) is 77.1 Å². The molecule has 0 fully saturated rings. The highest BCUT2D eigenvalue weighted by Gasteiger charge is 2.21. The van der Waals surface area contributed by atoms with Gasteiger partial charge in [0.05, 0.1) is 11.1 Å². The van der Waals surface area contributed by atoms with Crippen molar-refractivity contribution in [3.63, 3.8) is 0 Å². The summed E-state index contributed by atoms with van der Waals surface area (Å²) in [6, 6.07) is 3.54. The second-order valence-corrected chi connectivity index (χ2v) is 5.43. The van der Waals surface area contributed by atoms with Crippen molar-refractivity contribution in [2.45, 2.75) is 0 Å². The Labute approximate surface area is 144 Å². The van der Waals surface area contributed by atoms with Crippen molar-refractivity contribution in [1.29, 1.82) is 0 Å². The molecule has 0 unspecified atom stereocenters. The summed E-state index contributed by atoms with van der Waals surface area (Å²) in [7, 11) is 5.28. The Kier molecular flexibility index (Phi) is 4.52. The predicted molar refractivity (Wildman–Crippen MR) is 82.4 cm³/mol. The van der Waals surface area contributed by atoms with Gasteiger partial charge in [-0.25, -0.2) is 30.7 Å². The van der Waals surface area contributed by atoms with Gasteiger partial charge in [0.1, 0.15) is 31.1 Å². The fraction of sp³-hybridized carbons (Fsp3) is 0. The molecule has 0 nitrogen and oxygen atoms in total. The SMILES string of the molecule is [B]c1cc(F)c(-c2cc(F)c(-c3cc(F)c(F)c(F)c3)c(F)c2)c(F)c1. The third kappa shape index (κ3) is 3.07. The summed E-state index contributed by atoms with van der Waals surface area (Å²) in [5, 5.41) is 0. The third-order valence-corrected chi connectivity index (χ3v) is 3.67. The van der Waals surface area contributed by atoms with E-state index in [1.807, 2.05) is 0 Å². The van der Waals surface area contributed by atoms with Crippen molar-refractivity contribution in [1.82, 2.24) is 0 Å². The summed E-state index contributed by atoms with van der Waals surface area (Å²) in [6.07, 6.45) is 0. The van der Waals surface area contributed by atoms with E-state index in [0.29, 0.717) is 24.3 Å². The van der Waals surface area contributed by atoms with E-state index < -0.39 is 63.0 Å². The molecule has 0 atom stereocenters. The van der Waals surface area contributed by atoms with Gasteiger partial charge in [0.2, 0.25) is 0 Å². The first kappa shape index (κ1) is 18.0. The summed E-state index contributed by atoms with van der Waals surface area (Å²) in [5.74, 6) is -10.1. The van der Waals surface area contributed by atoms with Crippen molar-refractivity contribution >= 4 is 13.3 Å². The molecule has 3 aromatic rings. The molecule has 0 heterocycles. The average Bonchev–Trinajstić information content (AvgIpc) is 2.50. The molecule has 0 saturated heterocycles. The lowest BCUT2D eigenvalue weighted by Crippen LogP contribution is -2.06. The summed E-state index contributed by atoms with van der Waals surface area (Å²) in [5.41, 5.74) is -2.91. The quantitative estimate of drug-likeness (QED) is 0.348. The van der Waals surface area contributed by atoms with Gasteiger partial charge in [-0.1, -0.05) is 5.46 Å². The Bertz CT molecular complexity index is 961. The lowest BCUT2D eigenvalue weighted by molar-refractivity contribution is 0.447. The van der Waals surface area contributed by atoms with Gasteiger partial charge in [-0.3, -0.25) is 0 Å². The summed E-state index contributed by atoms with van der Waals surface area (Å²) >= 11 is 0. The van der Waals surface area contributed by atoms with Crippen molar-refractivity contribution in [2.24, 2.45) is 0 Å². The lowest BCUT2D eigenvalue weighted by atomic mass is 9.92. The number of benzene rings is 3. The summed E-state index contributed by atoms with van der Waals surface area (Å²) < 4.78 is 96.2. The van der Waals surface area contributed by atoms with Crippen molar-refractivity contribution in [3.8, 4) is 22.3 Å². The van der Waals surface area contributed by atoms with Crippen molar-refractivity contribution in [2.75, 3.05) is 0 Å². The van der Waals surface area contributed by atoms with Gasteiger partial charge in [-0.05, 0) is 47.5 Å². The standard InChI is InChI=1S/C18H6BF7/c19-9-5-12(22)17(13(23)6-9)7-1-10(20)16(11(21)2-7)8-3-14(24)18(26)15(25)4-8/h1-6H. The molecule has 130 valence electrons. The Morgan fingerprint density at radius 3 is 1.15 bits per heavy atom. The minimum absolute atomic E-state index is 0.224. The highest BCUT2D eigenvalue weighted by atomic mass is 19.2. The second-order valence-electron chi connectivity index (χ2n) is 5.43. The molecule has 26 heavy (non-hydrogen) atoms. The molecule has 0 N–H and O–H groups in total. The first-order valence-corrected chi connectivity index (χ1v) is 7.08. The van der Waals surface area contributed by atoms with E-state index in [9.17, 15) is 30.7 Å². The van der Waals surface area contributed by atoms with Gasteiger partial charge < -0.3 is 0 Å². The molecule has 0 amide bonds. The first-order chi connectivity index (χ1) is 12.2. The maximum Gasteiger partial charge on any atom is 0.194 e. The second kappa shape index (κ2) is 6.51. The Hall–Kier alpha value is -2.77. The number of hydrogen-bond acceptors (Lipinski definition) is 0. The fourth-order valence-electron chi connectivity index (χ4n) is 2.56. The van der Waals surface area contributed by atoms with E-state index in [1.54, 1.807) is 0 Å². The Morgan fingerprint density at radius 1 is 0.462 bits per heavy atom. The van der Waals surface area contributed by atoms with Gasteiger partial charge in [0, 0.05) is 0 Å². The van der Waals surface area contributed by atoms with E-state index >= 15 is 0 Å². The minimum atomic E-state index is -1.79. The lowest BCUT2D eigenvalue weighted by Gasteiger charge is -2.11. The number of halogens is 7. The molecule has 0 spiro atoms. The van der Waals surface area contributed by atoms with Crippen LogP contribution in [0.2, 0.25) is 0 Å². The predicted octanol–water partition coefficient (Wildman–Crippen LogP) is 4.79. The van der Waals surface area contributed by atoms with Crippen LogP contribution in [0.3, 0.4) is 0 Å². The van der Waals surface area contributed by atoms with Crippen LogP contribution in [0.1, 0.15) is 0 Å². The van der Waals surface area contributed by atoms with E-state index in [-0.39, 0.29) is 5.46 Å². The van der Waals surface area contributed by atoms with Crippen LogP contribution in [-0.4, -0.2) is 7.85 Å². The molecule has 0 aliphatic carbocycles. The van der Waals surface area contributed by atoms with Gasteiger partial charge in [0.25, 0.3) is 0 Å². The Balaban J connectivity index is 2.20. The van der Waals surface area contributed by atoms with E-state index in [0.717, 1.165) is 12.1 Å². The molecule has 2 radical (unpaired) electrons. The topological polar surface area (TPSA) is 0 Å². The maximum absolute atomic E-state index is 14.3. The molecule has 0 saturated carbocycles. The van der Waals surface area contributed by atoms with Gasteiger partial charge in [-0.15, -0.1) is 0 Å².